The van der Waals surface area contributed by atoms with Crippen molar-refractivity contribution in [2.24, 2.45) is 0 Å². The molecule has 0 saturated heterocycles. The first-order valence-corrected chi connectivity index (χ1v) is 8.52. The fourth-order valence-corrected chi connectivity index (χ4v) is 3.12. The lowest BCUT2D eigenvalue weighted by molar-refractivity contribution is 0.326. The quantitative estimate of drug-likeness (QED) is 0.616. The van der Waals surface area contributed by atoms with E-state index >= 15 is 0 Å². The summed E-state index contributed by atoms with van der Waals surface area (Å²) in [6.07, 6.45) is 1.81. The number of ether oxygens (including phenoxy) is 5. The van der Waals surface area contributed by atoms with E-state index in [2.05, 4.69) is 0 Å². The molecule has 0 bridgehead atoms. The fourth-order valence-electron chi connectivity index (χ4n) is 3.12. The van der Waals surface area contributed by atoms with E-state index in [1.165, 1.54) is 27.6 Å². The monoisotopic (exact) mass is 386 g/mol. The minimum Gasteiger partial charge on any atom is -0.493 e. The Labute approximate surface area is 162 Å². The van der Waals surface area contributed by atoms with Crippen molar-refractivity contribution in [1.29, 1.82) is 0 Å². The van der Waals surface area contributed by atoms with Gasteiger partial charge < -0.3 is 28.1 Å². The first kappa shape index (κ1) is 19.4. The molecule has 148 valence electrons. The molecule has 3 rings (SSSR count). The molecule has 0 atom stereocenters. The zero-order valence-electron chi connectivity index (χ0n) is 16.5. The second-order valence-electron chi connectivity index (χ2n) is 5.97. The SMILES string of the molecule is COc1ccc(Cc2coc3cc(OC)c(OC)c(OC)c3c2=O)cc1OC. The summed E-state index contributed by atoms with van der Waals surface area (Å²) in [7, 11) is 7.60. The predicted molar refractivity (Wildman–Crippen MR) is 104 cm³/mol. The van der Waals surface area contributed by atoms with E-state index in [4.69, 9.17) is 28.1 Å². The van der Waals surface area contributed by atoms with Crippen molar-refractivity contribution in [2.75, 3.05) is 35.5 Å². The van der Waals surface area contributed by atoms with E-state index in [-0.39, 0.29) is 11.2 Å². The van der Waals surface area contributed by atoms with Gasteiger partial charge in [-0.05, 0) is 17.7 Å². The first-order chi connectivity index (χ1) is 13.6. The summed E-state index contributed by atoms with van der Waals surface area (Å²) in [5.41, 5.74) is 1.51. The number of hydrogen-bond donors (Lipinski definition) is 0. The molecular weight excluding hydrogens is 364 g/mol. The molecule has 3 aromatic rings. The van der Waals surface area contributed by atoms with Crippen LogP contribution in [0.4, 0.5) is 0 Å². The van der Waals surface area contributed by atoms with Crippen LogP contribution in [0.25, 0.3) is 11.0 Å². The minimum atomic E-state index is -0.200. The summed E-state index contributed by atoms with van der Waals surface area (Å²) < 4.78 is 32.4. The van der Waals surface area contributed by atoms with Gasteiger partial charge in [-0.3, -0.25) is 4.79 Å². The van der Waals surface area contributed by atoms with Crippen LogP contribution in [0.15, 0.2) is 39.7 Å². The van der Waals surface area contributed by atoms with Gasteiger partial charge in [0.1, 0.15) is 11.0 Å². The lowest BCUT2D eigenvalue weighted by Gasteiger charge is -2.14. The molecule has 0 amide bonds. The van der Waals surface area contributed by atoms with Crippen LogP contribution in [0, 0.1) is 0 Å². The van der Waals surface area contributed by atoms with Crippen LogP contribution < -0.4 is 29.1 Å². The molecule has 28 heavy (non-hydrogen) atoms. The number of fused-ring (bicyclic) bond motifs is 1. The van der Waals surface area contributed by atoms with E-state index in [1.54, 1.807) is 26.4 Å². The normalized spacial score (nSPS) is 10.6. The summed E-state index contributed by atoms with van der Waals surface area (Å²) in [4.78, 5) is 13.2. The van der Waals surface area contributed by atoms with Gasteiger partial charge in [-0.25, -0.2) is 0 Å². The Bertz CT molecular complexity index is 1050. The zero-order valence-corrected chi connectivity index (χ0v) is 16.5. The average molecular weight is 386 g/mol. The Hall–Kier alpha value is -3.35. The second-order valence-corrected chi connectivity index (χ2v) is 5.97. The molecule has 0 aliphatic rings. The van der Waals surface area contributed by atoms with E-state index in [0.29, 0.717) is 46.0 Å². The fraction of sp³-hybridized carbons (Fsp3) is 0.286. The average Bonchev–Trinajstić information content (AvgIpc) is 2.73. The van der Waals surface area contributed by atoms with Gasteiger partial charge in [0, 0.05) is 18.1 Å². The molecule has 7 nitrogen and oxygen atoms in total. The Morgan fingerprint density at radius 3 is 2.07 bits per heavy atom. The third-order valence-electron chi connectivity index (χ3n) is 4.48. The molecule has 1 heterocycles. The highest BCUT2D eigenvalue weighted by Crippen LogP contribution is 2.42. The highest BCUT2D eigenvalue weighted by molar-refractivity contribution is 5.89. The summed E-state index contributed by atoms with van der Waals surface area (Å²) in [6.45, 7) is 0. The highest BCUT2D eigenvalue weighted by Gasteiger charge is 2.21. The van der Waals surface area contributed by atoms with Crippen LogP contribution >= 0.6 is 0 Å². The molecule has 0 fully saturated rings. The van der Waals surface area contributed by atoms with E-state index in [1.807, 2.05) is 12.1 Å². The molecule has 1 aromatic heterocycles. The van der Waals surface area contributed by atoms with E-state index in [9.17, 15) is 4.79 Å². The van der Waals surface area contributed by atoms with E-state index < -0.39 is 0 Å². The van der Waals surface area contributed by atoms with Crippen LogP contribution in [0.3, 0.4) is 0 Å². The van der Waals surface area contributed by atoms with Crippen LogP contribution in [-0.4, -0.2) is 35.5 Å². The molecule has 0 aliphatic heterocycles. The third-order valence-corrected chi connectivity index (χ3v) is 4.48. The van der Waals surface area contributed by atoms with E-state index in [0.717, 1.165) is 5.56 Å². The Balaban J connectivity index is 2.13. The van der Waals surface area contributed by atoms with Crippen LogP contribution in [0.5, 0.6) is 28.7 Å². The molecule has 0 unspecified atom stereocenters. The van der Waals surface area contributed by atoms with Gasteiger partial charge in [0.25, 0.3) is 0 Å². The highest BCUT2D eigenvalue weighted by atomic mass is 16.5. The topological polar surface area (TPSA) is 76.4 Å². The van der Waals surface area contributed by atoms with Gasteiger partial charge >= 0.3 is 0 Å². The van der Waals surface area contributed by atoms with Gasteiger partial charge in [0.15, 0.2) is 28.4 Å². The van der Waals surface area contributed by atoms with Crippen molar-refractivity contribution in [1.82, 2.24) is 0 Å². The van der Waals surface area contributed by atoms with Crippen molar-refractivity contribution in [3.8, 4) is 28.7 Å². The second kappa shape index (κ2) is 8.12. The zero-order chi connectivity index (χ0) is 20.3. The predicted octanol–water partition coefficient (Wildman–Crippen LogP) is 3.43. The molecular formula is C21H22O7. The lowest BCUT2D eigenvalue weighted by Crippen LogP contribution is -2.11. The third kappa shape index (κ3) is 3.31. The van der Waals surface area contributed by atoms with Crippen molar-refractivity contribution >= 4 is 11.0 Å². The summed E-state index contributed by atoms with van der Waals surface area (Å²) >= 11 is 0. The number of methoxy groups -OCH3 is 5. The number of hydrogen-bond acceptors (Lipinski definition) is 7. The van der Waals surface area contributed by atoms with Crippen molar-refractivity contribution in [3.05, 3.63) is 51.9 Å². The molecule has 0 N–H and O–H groups in total. The lowest BCUT2D eigenvalue weighted by atomic mass is 10.0. The van der Waals surface area contributed by atoms with Crippen LogP contribution in [0.1, 0.15) is 11.1 Å². The maximum atomic E-state index is 13.2. The maximum Gasteiger partial charge on any atom is 0.204 e. The van der Waals surface area contributed by atoms with Gasteiger partial charge in [0.2, 0.25) is 5.75 Å². The Morgan fingerprint density at radius 1 is 0.786 bits per heavy atom. The molecule has 0 radical (unpaired) electrons. The van der Waals surface area contributed by atoms with Crippen molar-refractivity contribution in [2.45, 2.75) is 6.42 Å². The molecule has 7 heteroatoms. The smallest absolute Gasteiger partial charge is 0.204 e. The van der Waals surface area contributed by atoms with Crippen molar-refractivity contribution < 1.29 is 28.1 Å². The summed E-state index contributed by atoms with van der Waals surface area (Å²) in [6, 6.07) is 7.11. The number of rotatable bonds is 7. The first-order valence-electron chi connectivity index (χ1n) is 8.52. The van der Waals surface area contributed by atoms with Crippen molar-refractivity contribution in [3.63, 3.8) is 0 Å². The van der Waals surface area contributed by atoms with Crippen LogP contribution in [0.2, 0.25) is 0 Å². The summed E-state index contributed by atoms with van der Waals surface area (Å²) in [5.74, 6) is 2.25. The Morgan fingerprint density at radius 2 is 1.46 bits per heavy atom. The van der Waals surface area contributed by atoms with Gasteiger partial charge in [-0.1, -0.05) is 6.07 Å². The standard InChI is InChI=1S/C21H22O7/c1-23-14-7-6-12(9-15(14)24-2)8-13-11-28-16-10-17(25-3)20(26-4)21(27-5)18(16)19(13)22/h6-7,9-11H,8H2,1-5H3. The molecule has 0 spiro atoms. The van der Waals surface area contributed by atoms with Gasteiger partial charge in [-0.2, -0.15) is 0 Å². The molecule has 2 aromatic carbocycles. The molecule has 0 saturated carbocycles. The largest absolute Gasteiger partial charge is 0.493 e. The minimum absolute atomic E-state index is 0.200. The van der Waals surface area contributed by atoms with Gasteiger partial charge in [0.05, 0.1) is 41.8 Å². The maximum absolute atomic E-state index is 13.2. The summed E-state index contributed by atoms with van der Waals surface area (Å²) in [5, 5.41) is 0.304. The molecule has 0 aliphatic carbocycles. The van der Waals surface area contributed by atoms with Gasteiger partial charge in [-0.15, -0.1) is 0 Å². The number of benzene rings is 2. The van der Waals surface area contributed by atoms with Crippen LogP contribution in [-0.2, 0) is 6.42 Å². The Kier molecular flexibility index (Phi) is 5.63.